The molecule has 1 N–H and O–H groups in total. The van der Waals surface area contributed by atoms with Crippen LogP contribution in [-0.4, -0.2) is 40.5 Å². The molecule has 0 spiro atoms. The first-order valence-corrected chi connectivity index (χ1v) is 10.6. The van der Waals surface area contributed by atoms with Crippen LogP contribution in [0.3, 0.4) is 0 Å². The molecule has 2 aromatic rings. The van der Waals surface area contributed by atoms with Crippen LogP contribution in [-0.2, 0) is 14.4 Å². The van der Waals surface area contributed by atoms with Gasteiger partial charge in [0.15, 0.2) is 0 Å². The number of thiocarbonyl (C=S) groups is 1. The first-order chi connectivity index (χ1) is 13.9. The fourth-order valence-electron chi connectivity index (χ4n) is 3.16. The third-order valence-corrected chi connectivity index (χ3v) is 6.57. The van der Waals surface area contributed by atoms with Crippen LogP contribution in [0.1, 0.15) is 5.56 Å². The third-order valence-electron chi connectivity index (χ3n) is 4.52. The number of nitrogens with one attached hydrogen (secondary N) is 1. The van der Waals surface area contributed by atoms with Crippen molar-refractivity contribution < 1.29 is 14.4 Å². The summed E-state index contributed by atoms with van der Waals surface area (Å²) in [7, 11) is 1.58. The molecule has 0 aliphatic carbocycles. The summed E-state index contributed by atoms with van der Waals surface area (Å²) in [6, 6.07) is 14.3. The van der Waals surface area contributed by atoms with Crippen LogP contribution in [0.2, 0.25) is 0 Å². The summed E-state index contributed by atoms with van der Waals surface area (Å²) in [6.45, 7) is -0.168. The van der Waals surface area contributed by atoms with Crippen molar-refractivity contribution >= 4 is 78.9 Å². The van der Waals surface area contributed by atoms with Crippen molar-refractivity contribution in [1.29, 1.82) is 0 Å². The predicted octanol–water partition coefficient (Wildman–Crippen LogP) is 3.64. The highest BCUT2D eigenvalue weighted by atomic mass is 79.9. The molecule has 2 aliphatic rings. The number of carbonyl (C=O) groups is 3. The Kier molecular flexibility index (Phi) is 5.28. The van der Waals surface area contributed by atoms with Crippen LogP contribution in [0, 0.1) is 0 Å². The first kappa shape index (κ1) is 19.8. The lowest BCUT2D eigenvalue weighted by molar-refractivity contribution is -0.121. The van der Waals surface area contributed by atoms with E-state index < -0.39 is 0 Å². The highest BCUT2D eigenvalue weighted by molar-refractivity contribution is 9.10. The van der Waals surface area contributed by atoms with Gasteiger partial charge < -0.3 is 5.32 Å². The lowest BCUT2D eigenvalue weighted by Gasteiger charge is -2.16. The second kappa shape index (κ2) is 7.74. The van der Waals surface area contributed by atoms with E-state index in [4.69, 9.17) is 12.2 Å². The molecule has 2 aliphatic heterocycles. The molecule has 0 radical (unpaired) electrons. The molecule has 29 heavy (non-hydrogen) atoms. The van der Waals surface area contributed by atoms with Crippen molar-refractivity contribution in [3.05, 3.63) is 63.5 Å². The molecule has 2 aromatic carbocycles. The van der Waals surface area contributed by atoms with Crippen LogP contribution in [0.5, 0.6) is 0 Å². The van der Waals surface area contributed by atoms with E-state index in [-0.39, 0.29) is 29.8 Å². The number of amides is 3. The van der Waals surface area contributed by atoms with E-state index in [2.05, 4.69) is 21.2 Å². The molecular formula is C20H14BrN3O3S2. The number of nitrogens with zero attached hydrogens (tertiary/aromatic N) is 2. The number of rotatable bonds is 3. The summed E-state index contributed by atoms with van der Waals surface area (Å²) in [4.78, 5) is 41.4. The number of carbonyl (C=O) groups excluding carboxylic acids is 3. The van der Waals surface area contributed by atoms with Crippen molar-refractivity contribution in [2.75, 3.05) is 23.8 Å². The van der Waals surface area contributed by atoms with Gasteiger partial charge in [0.2, 0.25) is 5.91 Å². The molecule has 4 rings (SSSR count). The average Bonchev–Trinajstić information content (AvgIpc) is 3.10. The zero-order valence-electron chi connectivity index (χ0n) is 15.1. The normalized spacial score (nSPS) is 18.5. The standard InChI is InChI=1S/C20H14BrN3O3S2/c1-23-19(27)17(29-20(23)28)16-13-7-2-3-8-14(13)24(18(16)26)10-15(25)22-12-6-4-5-11(21)9-12/h2-9H,10H2,1H3,(H,22,25)/b17-16-. The van der Waals surface area contributed by atoms with Gasteiger partial charge in [0.1, 0.15) is 10.9 Å². The minimum atomic E-state index is -0.385. The van der Waals surface area contributed by atoms with Gasteiger partial charge in [-0.2, -0.15) is 0 Å². The van der Waals surface area contributed by atoms with E-state index in [1.165, 1.54) is 9.80 Å². The van der Waals surface area contributed by atoms with E-state index in [1.54, 1.807) is 49.5 Å². The molecular weight excluding hydrogens is 474 g/mol. The summed E-state index contributed by atoms with van der Waals surface area (Å²) < 4.78 is 1.23. The van der Waals surface area contributed by atoms with Gasteiger partial charge in [0, 0.05) is 22.8 Å². The number of para-hydroxylation sites is 1. The maximum Gasteiger partial charge on any atom is 0.266 e. The van der Waals surface area contributed by atoms with Gasteiger partial charge in [-0.3, -0.25) is 24.2 Å². The minimum Gasteiger partial charge on any atom is -0.324 e. The van der Waals surface area contributed by atoms with Crippen molar-refractivity contribution in [1.82, 2.24) is 4.90 Å². The number of hydrogen-bond acceptors (Lipinski definition) is 5. The second-order valence-corrected chi connectivity index (χ2v) is 8.96. The Balaban J connectivity index is 1.66. The molecule has 0 aromatic heterocycles. The van der Waals surface area contributed by atoms with E-state index >= 15 is 0 Å². The van der Waals surface area contributed by atoms with Crippen LogP contribution in [0.25, 0.3) is 5.57 Å². The molecule has 146 valence electrons. The lowest BCUT2D eigenvalue weighted by atomic mass is 10.1. The smallest absolute Gasteiger partial charge is 0.266 e. The number of thioether (sulfide) groups is 1. The van der Waals surface area contributed by atoms with Gasteiger partial charge in [-0.05, 0) is 24.3 Å². The maximum absolute atomic E-state index is 13.2. The number of likely N-dealkylation sites (N-methyl/N-ethyl adjacent to an activating group) is 1. The molecule has 3 amide bonds. The third kappa shape index (κ3) is 3.61. The molecule has 0 saturated carbocycles. The van der Waals surface area contributed by atoms with Gasteiger partial charge in [-0.25, -0.2) is 0 Å². The van der Waals surface area contributed by atoms with Crippen LogP contribution >= 0.6 is 39.9 Å². The van der Waals surface area contributed by atoms with Crippen molar-refractivity contribution in [2.24, 2.45) is 0 Å². The van der Waals surface area contributed by atoms with Gasteiger partial charge in [-0.15, -0.1) is 0 Å². The number of benzene rings is 2. The molecule has 0 bridgehead atoms. The molecule has 0 unspecified atom stereocenters. The van der Waals surface area contributed by atoms with Crippen LogP contribution < -0.4 is 10.2 Å². The topological polar surface area (TPSA) is 69.7 Å². The fraction of sp³-hybridized carbons (Fsp3) is 0.100. The molecule has 1 saturated heterocycles. The number of hydrogen-bond donors (Lipinski definition) is 1. The van der Waals surface area contributed by atoms with Crippen LogP contribution in [0.15, 0.2) is 57.9 Å². The summed E-state index contributed by atoms with van der Waals surface area (Å²) in [6.07, 6.45) is 0. The van der Waals surface area contributed by atoms with E-state index in [1.807, 2.05) is 6.07 Å². The number of halogens is 1. The highest BCUT2D eigenvalue weighted by Crippen LogP contribution is 2.44. The monoisotopic (exact) mass is 487 g/mol. The summed E-state index contributed by atoms with van der Waals surface area (Å²) in [5, 5.41) is 2.79. The van der Waals surface area contributed by atoms with Crippen molar-refractivity contribution in [3.8, 4) is 0 Å². The van der Waals surface area contributed by atoms with Crippen molar-refractivity contribution in [2.45, 2.75) is 0 Å². The summed E-state index contributed by atoms with van der Waals surface area (Å²) >= 11 is 9.66. The van der Waals surface area contributed by atoms with E-state index in [9.17, 15) is 14.4 Å². The summed E-state index contributed by atoms with van der Waals surface area (Å²) in [5.74, 6) is -1.03. The minimum absolute atomic E-state index is 0.168. The predicted molar refractivity (Wildman–Crippen MR) is 121 cm³/mol. The Morgan fingerprint density at radius 2 is 1.90 bits per heavy atom. The zero-order valence-corrected chi connectivity index (χ0v) is 18.4. The number of fused-ring (bicyclic) bond motifs is 1. The molecule has 2 heterocycles. The second-order valence-electron chi connectivity index (χ2n) is 6.40. The Morgan fingerprint density at radius 1 is 1.14 bits per heavy atom. The van der Waals surface area contributed by atoms with E-state index in [0.29, 0.717) is 26.2 Å². The van der Waals surface area contributed by atoms with Crippen LogP contribution in [0.4, 0.5) is 11.4 Å². The zero-order chi connectivity index (χ0) is 20.7. The quantitative estimate of drug-likeness (QED) is 0.528. The van der Waals surface area contributed by atoms with Gasteiger partial charge >= 0.3 is 0 Å². The fourth-order valence-corrected chi connectivity index (χ4v) is 4.81. The van der Waals surface area contributed by atoms with E-state index in [0.717, 1.165) is 16.2 Å². The Labute approximate surface area is 185 Å². The maximum atomic E-state index is 13.2. The summed E-state index contributed by atoms with van der Waals surface area (Å²) in [5.41, 5.74) is 2.13. The highest BCUT2D eigenvalue weighted by Gasteiger charge is 2.41. The number of anilines is 2. The SMILES string of the molecule is CN1C(=O)/C(=C2/C(=O)N(CC(=O)Nc3cccc(Br)c3)c3ccccc32)SC1=S. The Hall–Kier alpha value is -2.49. The van der Waals surface area contributed by atoms with Crippen molar-refractivity contribution in [3.63, 3.8) is 0 Å². The lowest BCUT2D eigenvalue weighted by Crippen LogP contribution is -2.35. The molecule has 0 atom stereocenters. The average molecular weight is 488 g/mol. The van der Waals surface area contributed by atoms with Gasteiger partial charge in [0.25, 0.3) is 11.8 Å². The van der Waals surface area contributed by atoms with Gasteiger partial charge in [-0.1, -0.05) is 64.2 Å². The molecule has 1 fully saturated rings. The van der Waals surface area contributed by atoms with Gasteiger partial charge in [0.05, 0.1) is 16.2 Å². The molecule has 6 nitrogen and oxygen atoms in total. The Morgan fingerprint density at radius 3 is 2.59 bits per heavy atom. The first-order valence-electron chi connectivity index (χ1n) is 8.57. The molecule has 9 heteroatoms. The largest absolute Gasteiger partial charge is 0.324 e. The Bertz CT molecular complexity index is 1120.